The predicted molar refractivity (Wildman–Crippen MR) is 100 cm³/mol. The second-order valence-corrected chi connectivity index (χ2v) is 7.37. The van der Waals surface area contributed by atoms with Crippen LogP contribution in [-0.2, 0) is 11.2 Å². The fraction of sp³-hybridized carbons (Fsp3) is 0.545. The molecule has 1 saturated carbocycles. The largest absolute Gasteiger partial charge is 0.440 e. The van der Waals surface area contributed by atoms with Gasteiger partial charge in [0.2, 0.25) is 0 Å². The summed E-state index contributed by atoms with van der Waals surface area (Å²) in [5.41, 5.74) is 3.52. The summed E-state index contributed by atoms with van der Waals surface area (Å²) in [5, 5.41) is 0. The summed E-state index contributed by atoms with van der Waals surface area (Å²) in [6.45, 7) is 3.10. The lowest BCUT2D eigenvalue weighted by molar-refractivity contribution is -0.0953. The molecule has 0 saturated heterocycles. The lowest BCUT2D eigenvalue weighted by Crippen LogP contribution is -2.12. The van der Waals surface area contributed by atoms with Crippen molar-refractivity contribution >= 4 is 5.57 Å². The standard InChI is InChI=1S/C22H30F2O/c1-16-4-8-19(9-5-16)10-11-20-12-14-21(15-13-20)17(2)6-7-18(3)25-22(23)24/h6-7,12-16,19,22H,4-5,8-11H2,1-3H3/b17-6+,18-7+. The van der Waals surface area contributed by atoms with Crippen LogP contribution in [0.4, 0.5) is 8.78 Å². The minimum absolute atomic E-state index is 0.216. The van der Waals surface area contributed by atoms with Crippen molar-refractivity contribution in [3.63, 3.8) is 0 Å². The first-order valence-corrected chi connectivity index (χ1v) is 9.33. The van der Waals surface area contributed by atoms with Crippen LogP contribution in [0.15, 0.2) is 42.2 Å². The molecule has 0 heterocycles. The van der Waals surface area contributed by atoms with E-state index in [1.807, 2.05) is 13.0 Å². The van der Waals surface area contributed by atoms with Gasteiger partial charge in [-0.1, -0.05) is 62.9 Å². The first kappa shape index (κ1) is 19.7. The molecule has 1 aliphatic carbocycles. The highest BCUT2D eigenvalue weighted by Crippen LogP contribution is 2.31. The number of allylic oxidation sites excluding steroid dienone is 4. The van der Waals surface area contributed by atoms with E-state index in [0.29, 0.717) is 0 Å². The van der Waals surface area contributed by atoms with Gasteiger partial charge >= 0.3 is 6.61 Å². The highest BCUT2D eigenvalue weighted by atomic mass is 19.3. The number of benzene rings is 1. The third-order valence-corrected chi connectivity index (χ3v) is 5.23. The third kappa shape index (κ3) is 7.01. The van der Waals surface area contributed by atoms with Crippen molar-refractivity contribution in [3.8, 4) is 0 Å². The average molecular weight is 348 g/mol. The number of hydrogen-bond acceptors (Lipinski definition) is 1. The van der Waals surface area contributed by atoms with E-state index < -0.39 is 6.61 Å². The van der Waals surface area contributed by atoms with E-state index >= 15 is 0 Å². The molecule has 1 aromatic carbocycles. The summed E-state index contributed by atoms with van der Waals surface area (Å²) in [5.74, 6) is 2.02. The summed E-state index contributed by atoms with van der Waals surface area (Å²) >= 11 is 0. The van der Waals surface area contributed by atoms with Crippen LogP contribution in [0.5, 0.6) is 0 Å². The van der Waals surface area contributed by atoms with Crippen molar-refractivity contribution in [3.05, 3.63) is 53.3 Å². The topological polar surface area (TPSA) is 9.23 Å². The van der Waals surface area contributed by atoms with Gasteiger partial charge < -0.3 is 4.74 Å². The maximum atomic E-state index is 12.1. The van der Waals surface area contributed by atoms with E-state index in [1.54, 1.807) is 6.08 Å². The fourth-order valence-corrected chi connectivity index (χ4v) is 3.44. The average Bonchev–Trinajstić information content (AvgIpc) is 2.59. The van der Waals surface area contributed by atoms with Crippen LogP contribution in [0.25, 0.3) is 5.57 Å². The van der Waals surface area contributed by atoms with E-state index in [9.17, 15) is 8.78 Å². The summed E-state index contributed by atoms with van der Waals surface area (Å²) < 4.78 is 28.6. The maximum absolute atomic E-state index is 12.1. The molecular formula is C22H30F2O. The fourth-order valence-electron chi connectivity index (χ4n) is 3.44. The molecule has 1 fully saturated rings. The zero-order valence-corrected chi connectivity index (χ0v) is 15.6. The minimum atomic E-state index is -2.77. The molecule has 3 heteroatoms. The summed E-state index contributed by atoms with van der Waals surface area (Å²) in [4.78, 5) is 0. The number of ether oxygens (including phenoxy) is 1. The quantitative estimate of drug-likeness (QED) is 0.381. The Labute approximate surface area is 150 Å². The number of rotatable bonds is 7. The van der Waals surface area contributed by atoms with Crippen molar-refractivity contribution < 1.29 is 13.5 Å². The third-order valence-electron chi connectivity index (χ3n) is 5.23. The molecule has 25 heavy (non-hydrogen) atoms. The number of halogens is 2. The Kier molecular flexibility index (Phi) is 7.67. The molecule has 0 spiro atoms. The molecule has 0 radical (unpaired) electrons. The molecule has 1 nitrogen and oxygen atoms in total. The Bertz CT molecular complexity index is 579. The van der Waals surface area contributed by atoms with E-state index in [1.165, 1.54) is 44.6 Å². The molecule has 0 amide bonds. The predicted octanol–water partition coefficient (Wildman–Crippen LogP) is 6.99. The van der Waals surface area contributed by atoms with Crippen LogP contribution >= 0.6 is 0 Å². The van der Waals surface area contributed by atoms with Crippen LogP contribution in [0.2, 0.25) is 0 Å². The molecule has 2 rings (SSSR count). The van der Waals surface area contributed by atoms with Gasteiger partial charge in [0.1, 0.15) is 0 Å². The first-order chi connectivity index (χ1) is 11.9. The normalized spacial score (nSPS) is 22.3. The van der Waals surface area contributed by atoms with Crippen LogP contribution < -0.4 is 0 Å². The molecule has 1 aromatic rings. The van der Waals surface area contributed by atoms with Gasteiger partial charge in [-0.25, -0.2) is 0 Å². The van der Waals surface area contributed by atoms with Crippen molar-refractivity contribution in [2.75, 3.05) is 0 Å². The molecule has 0 aromatic heterocycles. The van der Waals surface area contributed by atoms with Gasteiger partial charge in [-0.05, 0) is 61.3 Å². The molecule has 138 valence electrons. The Balaban J connectivity index is 1.86. The second-order valence-electron chi connectivity index (χ2n) is 7.37. The Morgan fingerprint density at radius 2 is 1.72 bits per heavy atom. The summed E-state index contributed by atoms with van der Waals surface area (Å²) in [7, 11) is 0. The monoisotopic (exact) mass is 348 g/mol. The SMILES string of the molecule is C/C(=C\C=C(/C)c1ccc(CCC2CCC(C)CC2)cc1)OC(F)F. The number of alkyl halides is 2. The second kappa shape index (κ2) is 9.74. The van der Waals surface area contributed by atoms with E-state index in [0.717, 1.165) is 29.4 Å². The smallest absolute Gasteiger partial charge is 0.387 e. The van der Waals surface area contributed by atoms with Gasteiger partial charge in [0.15, 0.2) is 0 Å². The van der Waals surface area contributed by atoms with E-state index in [2.05, 4.69) is 35.9 Å². The first-order valence-electron chi connectivity index (χ1n) is 9.33. The number of aryl methyl sites for hydroxylation is 1. The molecular weight excluding hydrogens is 318 g/mol. The summed E-state index contributed by atoms with van der Waals surface area (Å²) in [6.07, 6.45) is 11.4. The summed E-state index contributed by atoms with van der Waals surface area (Å²) in [6, 6.07) is 8.59. The van der Waals surface area contributed by atoms with Gasteiger partial charge in [-0.15, -0.1) is 0 Å². The van der Waals surface area contributed by atoms with Crippen LogP contribution in [0.3, 0.4) is 0 Å². The Morgan fingerprint density at radius 1 is 1.08 bits per heavy atom. The van der Waals surface area contributed by atoms with E-state index in [-0.39, 0.29) is 5.76 Å². The van der Waals surface area contributed by atoms with Gasteiger partial charge in [-0.3, -0.25) is 0 Å². The van der Waals surface area contributed by atoms with Crippen molar-refractivity contribution in [1.29, 1.82) is 0 Å². The van der Waals surface area contributed by atoms with Crippen molar-refractivity contribution in [1.82, 2.24) is 0 Å². The zero-order chi connectivity index (χ0) is 18.2. The van der Waals surface area contributed by atoms with Gasteiger partial charge in [-0.2, -0.15) is 8.78 Å². The lowest BCUT2D eigenvalue weighted by atomic mass is 9.80. The number of hydrogen-bond donors (Lipinski definition) is 0. The molecule has 0 N–H and O–H groups in total. The molecule has 0 aliphatic heterocycles. The zero-order valence-electron chi connectivity index (χ0n) is 15.6. The molecule has 1 aliphatic rings. The van der Waals surface area contributed by atoms with Crippen molar-refractivity contribution in [2.24, 2.45) is 11.8 Å². The van der Waals surface area contributed by atoms with Crippen LogP contribution in [-0.4, -0.2) is 6.61 Å². The Hall–Kier alpha value is -1.64. The van der Waals surface area contributed by atoms with E-state index in [4.69, 9.17) is 0 Å². The van der Waals surface area contributed by atoms with Gasteiger partial charge in [0, 0.05) is 0 Å². The molecule has 0 bridgehead atoms. The molecule has 0 atom stereocenters. The van der Waals surface area contributed by atoms with Crippen LogP contribution in [0, 0.1) is 11.8 Å². The van der Waals surface area contributed by atoms with Gasteiger partial charge in [0.25, 0.3) is 0 Å². The highest BCUT2D eigenvalue weighted by Gasteiger charge is 2.17. The highest BCUT2D eigenvalue weighted by molar-refractivity contribution is 5.65. The Morgan fingerprint density at radius 3 is 2.32 bits per heavy atom. The lowest BCUT2D eigenvalue weighted by Gasteiger charge is -2.26. The van der Waals surface area contributed by atoms with Gasteiger partial charge in [0.05, 0.1) is 5.76 Å². The minimum Gasteiger partial charge on any atom is -0.440 e. The maximum Gasteiger partial charge on any atom is 0.387 e. The van der Waals surface area contributed by atoms with Crippen LogP contribution in [0.1, 0.15) is 64.0 Å². The molecule has 0 unspecified atom stereocenters. The van der Waals surface area contributed by atoms with Crippen molar-refractivity contribution in [2.45, 2.75) is 65.9 Å².